The van der Waals surface area contributed by atoms with Crippen LogP contribution in [0.15, 0.2) is 12.3 Å². The SMILES string of the molecule is C=C(O)C(NC(=O)C1CCCCN1C)C(C)CC.CC. The van der Waals surface area contributed by atoms with Crippen LogP contribution in [-0.2, 0) is 4.79 Å². The van der Waals surface area contributed by atoms with Gasteiger partial charge in [0, 0.05) is 0 Å². The molecular formula is C16H32N2O2. The number of amides is 1. The number of rotatable bonds is 5. The molecule has 1 rings (SSSR count). The van der Waals surface area contributed by atoms with Crippen LogP contribution in [0.1, 0.15) is 53.4 Å². The zero-order valence-electron chi connectivity index (χ0n) is 13.8. The minimum Gasteiger partial charge on any atom is -0.511 e. The summed E-state index contributed by atoms with van der Waals surface area (Å²) in [5, 5.41) is 12.5. The Hall–Kier alpha value is -1.03. The lowest BCUT2D eigenvalue weighted by Crippen LogP contribution is -2.52. The summed E-state index contributed by atoms with van der Waals surface area (Å²) in [5.41, 5.74) is 0. The van der Waals surface area contributed by atoms with Crippen molar-refractivity contribution in [3.05, 3.63) is 12.3 Å². The number of carbonyl (C=O) groups excluding carboxylic acids is 1. The van der Waals surface area contributed by atoms with Gasteiger partial charge in [-0.25, -0.2) is 0 Å². The first-order valence-corrected chi connectivity index (χ1v) is 7.85. The van der Waals surface area contributed by atoms with Gasteiger partial charge in [0.25, 0.3) is 0 Å². The fourth-order valence-corrected chi connectivity index (χ4v) is 2.45. The smallest absolute Gasteiger partial charge is 0.237 e. The van der Waals surface area contributed by atoms with Crippen molar-refractivity contribution < 1.29 is 9.90 Å². The molecule has 4 nitrogen and oxygen atoms in total. The summed E-state index contributed by atoms with van der Waals surface area (Å²) in [7, 11) is 1.98. The summed E-state index contributed by atoms with van der Waals surface area (Å²) in [4.78, 5) is 14.3. The van der Waals surface area contributed by atoms with E-state index in [1.54, 1.807) is 0 Å². The number of hydrogen-bond acceptors (Lipinski definition) is 3. The van der Waals surface area contributed by atoms with Gasteiger partial charge in [-0.15, -0.1) is 0 Å². The number of nitrogens with zero attached hydrogens (tertiary/aromatic N) is 1. The molecule has 1 heterocycles. The van der Waals surface area contributed by atoms with E-state index in [2.05, 4.69) is 16.8 Å². The van der Waals surface area contributed by atoms with Crippen molar-refractivity contribution in [3.8, 4) is 0 Å². The minimum atomic E-state index is -0.335. The largest absolute Gasteiger partial charge is 0.511 e. The van der Waals surface area contributed by atoms with E-state index in [0.29, 0.717) is 0 Å². The van der Waals surface area contributed by atoms with Crippen LogP contribution in [0.4, 0.5) is 0 Å². The van der Waals surface area contributed by atoms with Crippen LogP contribution in [0.5, 0.6) is 0 Å². The fraction of sp³-hybridized carbons (Fsp3) is 0.812. The van der Waals surface area contributed by atoms with Crippen molar-refractivity contribution in [3.63, 3.8) is 0 Å². The van der Waals surface area contributed by atoms with Crippen molar-refractivity contribution in [2.24, 2.45) is 5.92 Å². The maximum atomic E-state index is 12.2. The van der Waals surface area contributed by atoms with Crippen molar-refractivity contribution in [1.29, 1.82) is 0 Å². The summed E-state index contributed by atoms with van der Waals surface area (Å²) < 4.78 is 0. The van der Waals surface area contributed by atoms with Crippen molar-refractivity contribution >= 4 is 5.91 Å². The number of carbonyl (C=O) groups is 1. The van der Waals surface area contributed by atoms with E-state index in [-0.39, 0.29) is 29.7 Å². The van der Waals surface area contributed by atoms with Gasteiger partial charge in [0.15, 0.2) is 0 Å². The van der Waals surface area contributed by atoms with Crippen LogP contribution < -0.4 is 5.32 Å². The van der Waals surface area contributed by atoms with Crippen LogP contribution in [0.2, 0.25) is 0 Å². The van der Waals surface area contributed by atoms with Crippen LogP contribution in [0.3, 0.4) is 0 Å². The van der Waals surface area contributed by atoms with E-state index in [1.807, 2.05) is 34.7 Å². The zero-order valence-corrected chi connectivity index (χ0v) is 13.8. The molecule has 1 saturated heterocycles. The number of aliphatic hydroxyl groups excluding tert-OH is 1. The predicted octanol–water partition coefficient (Wildman–Crippen LogP) is 3.10. The van der Waals surface area contributed by atoms with Gasteiger partial charge in [-0.1, -0.05) is 47.1 Å². The number of aliphatic hydroxyl groups is 1. The molecule has 1 amide bonds. The molecule has 0 aromatic rings. The lowest BCUT2D eigenvalue weighted by molar-refractivity contribution is -0.128. The van der Waals surface area contributed by atoms with E-state index in [1.165, 1.54) is 0 Å². The van der Waals surface area contributed by atoms with Gasteiger partial charge in [-0.05, 0) is 32.4 Å². The standard InChI is InChI=1S/C14H26N2O2.C2H6/c1-5-10(2)13(11(3)17)15-14(18)12-8-6-7-9-16(12)4;1-2/h10,12-13,17H,3,5-9H2,1-2,4H3,(H,15,18);1-2H3. The monoisotopic (exact) mass is 284 g/mol. The third-order valence-corrected chi connectivity index (χ3v) is 3.94. The molecule has 0 saturated carbocycles. The normalized spacial score (nSPS) is 22.1. The van der Waals surface area contributed by atoms with E-state index >= 15 is 0 Å². The highest BCUT2D eigenvalue weighted by molar-refractivity contribution is 5.82. The summed E-state index contributed by atoms with van der Waals surface area (Å²) >= 11 is 0. The third-order valence-electron chi connectivity index (χ3n) is 3.94. The topological polar surface area (TPSA) is 52.6 Å². The van der Waals surface area contributed by atoms with Crippen LogP contribution >= 0.6 is 0 Å². The van der Waals surface area contributed by atoms with Gasteiger partial charge >= 0.3 is 0 Å². The van der Waals surface area contributed by atoms with E-state index < -0.39 is 0 Å². The average Bonchev–Trinajstić information content (AvgIpc) is 2.46. The van der Waals surface area contributed by atoms with Crippen LogP contribution in [0, 0.1) is 5.92 Å². The molecule has 2 N–H and O–H groups in total. The molecule has 1 fully saturated rings. The highest BCUT2D eigenvalue weighted by Gasteiger charge is 2.29. The molecule has 20 heavy (non-hydrogen) atoms. The van der Waals surface area contributed by atoms with Crippen LogP contribution in [0.25, 0.3) is 0 Å². The lowest BCUT2D eigenvalue weighted by atomic mass is 9.96. The van der Waals surface area contributed by atoms with Crippen molar-refractivity contribution in [2.45, 2.75) is 65.5 Å². The second-order valence-corrected chi connectivity index (χ2v) is 5.36. The number of likely N-dealkylation sites (N-methyl/N-ethyl adjacent to an activating group) is 1. The first-order chi connectivity index (χ1) is 9.47. The minimum absolute atomic E-state index is 0.0118. The Morgan fingerprint density at radius 2 is 2.05 bits per heavy atom. The highest BCUT2D eigenvalue weighted by Crippen LogP contribution is 2.17. The second-order valence-electron chi connectivity index (χ2n) is 5.36. The molecule has 0 spiro atoms. The maximum absolute atomic E-state index is 12.2. The molecule has 1 aliphatic heterocycles. The van der Waals surface area contributed by atoms with Gasteiger partial charge < -0.3 is 10.4 Å². The maximum Gasteiger partial charge on any atom is 0.237 e. The highest BCUT2D eigenvalue weighted by atomic mass is 16.3. The quantitative estimate of drug-likeness (QED) is 0.763. The van der Waals surface area contributed by atoms with Gasteiger partial charge in [0.05, 0.1) is 12.1 Å². The van der Waals surface area contributed by atoms with Gasteiger partial charge in [0.1, 0.15) is 5.76 Å². The average molecular weight is 284 g/mol. The van der Waals surface area contributed by atoms with E-state index in [0.717, 1.165) is 32.2 Å². The van der Waals surface area contributed by atoms with Gasteiger partial charge in [0.2, 0.25) is 5.91 Å². The Morgan fingerprint density at radius 3 is 2.50 bits per heavy atom. The molecule has 3 unspecified atom stereocenters. The molecule has 0 radical (unpaired) electrons. The summed E-state index contributed by atoms with van der Waals surface area (Å²) in [5.74, 6) is 0.259. The van der Waals surface area contributed by atoms with Crippen molar-refractivity contribution in [1.82, 2.24) is 10.2 Å². The lowest BCUT2D eigenvalue weighted by Gasteiger charge is -2.33. The van der Waals surface area contributed by atoms with E-state index in [9.17, 15) is 9.90 Å². The Labute approximate surface area is 124 Å². The van der Waals surface area contributed by atoms with Gasteiger partial charge in [-0.2, -0.15) is 0 Å². The molecule has 0 aromatic heterocycles. The Morgan fingerprint density at radius 1 is 1.45 bits per heavy atom. The number of likely N-dealkylation sites (tertiary alicyclic amines) is 1. The molecule has 118 valence electrons. The van der Waals surface area contributed by atoms with Gasteiger partial charge in [-0.3, -0.25) is 9.69 Å². The Balaban J connectivity index is 0.00000172. The fourth-order valence-electron chi connectivity index (χ4n) is 2.45. The molecule has 0 aliphatic carbocycles. The zero-order chi connectivity index (χ0) is 15.7. The molecule has 1 aliphatic rings. The van der Waals surface area contributed by atoms with Crippen LogP contribution in [-0.4, -0.2) is 41.6 Å². The van der Waals surface area contributed by atoms with Crippen molar-refractivity contribution in [2.75, 3.05) is 13.6 Å². The van der Waals surface area contributed by atoms with E-state index in [4.69, 9.17) is 0 Å². The molecule has 4 heteroatoms. The first kappa shape index (κ1) is 19.0. The predicted molar refractivity (Wildman–Crippen MR) is 84.8 cm³/mol. The summed E-state index contributed by atoms with van der Waals surface area (Å²) in [6.45, 7) is 12.6. The number of nitrogens with one attached hydrogen (secondary N) is 1. The number of piperidine rings is 1. The Kier molecular flexibility index (Phi) is 9.30. The molecule has 0 bridgehead atoms. The molecule has 3 atom stereocenters. The summed E-state index contributed by atoms with van der Waals surface area (Å²) in [6, 6.07) is -0.400. The molecule has 0 aromatic carbocycles. The Bertz CT molecular complexity index is 305. The summed E-state index contributed by atoms with van der Waals surface area (Å²) in [6.07, 6.45) is 4.04. The number of hydrogen-bond donors (Lipinski definition) is 2. The second kappa shape index (κ2) is 9.81. The third kappa shape index (κ3) is 5.53. The molecular weight excluding hydrogens is 252 g/mol. The first-order valence-electron chi connectivity index (χ1n) is 7.85.